The first-order valence-electron chi connectivity index (χ1n) is 9.94. The van der Waals surface area contributed by atoms with E-state index in [0.717, 1.165) is 11.1 Å². The molecule has 8 nitrogen and oxygen atoms in total. The molecule has 0 aliphatic heterocycles. The number of anilines is 1. The number of carbonyl (C=O) groups excluding carboxylic acids is 1. The monoisotopic (exact) mass is 502 g/mol. The van der Waals surface area contributed by atoms with Crippen LogP contribution in [0.1, 0.15) is 11.5 Å². The van der Waals surface area contributed by atoms with Crippen LogP contribution in [0.4, 0.5) is 5.69 Å². The van der Waals surface area contributed by atoms with Gasteiger partial charge in [0.05, 0.1) is 34.0 Å². The number of nitrogens with zero attached hydrogens (tertiary/aromatic N) is 6. The summed E-state index contributed by atoms with van der Waals surface area (Å²) >= 11 is 13.4. The number of hydrogen-bond acceptors (Lipinski definition) is 6. The van der Waals surface area contributed by atoms with E-state index in [0.29, 0.717) is 38.5 Å². The molecule has 0 saturated carbocycles. The molecule has 2 aromatic carbocycles. The van der Waals surface area contributed by atoms with Gasteiger partial charge >= 0.3 is 0 Å². The van der Waals surface area contributed by atoms with E-state index in [1.807, 2.05) is 29.8 Å². The number of aromatic nitrogens is 5. The molecule has 0 aliphatic carbocycles. The lowest BCUT2D eigenvalue weighted by atomic mass is 10.1. The number of aryl methyl sites for hydroxylation is 1. The van der Waals surface area contributed by atoms with Crippen molar-refractivity contribution < 1.29 is 4.79 Å². The van der Waals surface area contributed by atoms with E-state index in [2.05, 4.69) is 15.3 Å². The number of rotatable bonds is 6. The SMILES string of the molecule is CN(C(=O)CSc1nnc(Cc2nn(C)c(=O)c3ccccc23)n1C)c1ccc(Cl)cc1Cl. The average Bonchev–Trinajstić information content (AvgIpc) is 3.14. The lowest BCUT2D eigenvalue weighted by molar-refractivity contribution is -0.115. The molecule has 0 fully saturated rings. The van der Waals surface area contributed by atoms with Crippen LogP contribution in [-0.2, 0) is 25.3 Å². The van der Waals surface area contributed by atoms with Gasteiger partial charge in [-0.2, -0.15) is 5.10 Å². The predicted octanol–water partition coefficient (Wildman–Crippen LogP) is 3.71. The fraction of sp³-hybridized carbons (Fsp3) is 0.227. The number of thioether (sulfide) groups is 1. The van der Waals surface area contributed by atoms with E-state index in [9.17, 15) is 9.59 Å². The molecule has 0 unspecified atom stereocenters. The first-order valence-corrected chi connectivity index (χ1v) is 11.7. The minimum absolute atomic E-state index is 0.139. The highest BCUT2D eigenvalue weighted by molar-refractivity contribution is 7.99. The summed E-state index contributed by atoms with van der Waals surface area (Å²) in [6.07, 6.45) is 0.396. The lowest BCUT2D eigenvalue weighted by Gasteiger charge is -2.18. The molecule has 2 heterocycles. The summed E-state index contributed by atoms with van der Waals surface area (Å²) in [5.74, 6) is 0.692. The fourth-order valence-electron chi connectivity index (χ4n) is 3.39. The maximum atomic E-state index is 12.7. The van der Waals surface area contributed by atoms with E-state index in [1.165, 1.54) is 21.3 Å². The summed E-state index contributed by atoms with van der Waals surface area (Å²) in [6, 6.07) is 12.4. The molecule has 0 saturated heterocycles. The zero-order chi connectivity index (χ0) is 23.7. The van der Waals surface area contributed by atoms with Crippen LogP contribution in [0.15, 0.2) is 52.4 Å². The molecule has 0 radical (unpaired) electrons. The van der Waals surface area contributed by atoms with Gasteiger partial charge in [-0.25, -0.2) is 4.68 Å². The molecule has 4 aromatic rings. The van der Waals surface area contributed by atoms with Crippen LogP contribution < -0.4 is 10.5 Å². The molecular formula is C22H20Cl2N6O2S. The van der Waals surface area contributed by atoms with Crippen LogP contribution in [-0.4, -0.2) is 43.3 Å². The Kier molecular flexibility index (Phi) is 6.73. The van der Waals surface area contributed by atoms with E-state index >= 15 is 0 Å². The van der Waals surface area contributed by atoms with Gasteiger partial charge < -0.3 is 9.47 Å². The average molecular weight is 503 g/mol. The zero-order valence-corrected chi connectivity index (χ0v) is 20.4. The number of fused-ring (bicyclic) bond motifs is 1. The summed E-state index contributed by atoms with van der Waals surface area (Å²) in [5.41, 5.74) is 1.16. The number of halogens is 2. The van der Waals surface area contributed by atoms with Gasteiger partial charge in [-0.3, -0.25) is 9.59 Å². The van der Waals surface area contributed by atoms with Crippen molar-refractivity contribution in [3.8, 4) is 0 Å². The molecule has 0 N–H and O–H groups in total. The van der Waals surface area contributed by atoms with Gasteiger partial charge in [-0.15, -0.1) is 10.2 Å². The molecule has 0 spiro atoms. The molecule has 2 aromatic heterocycles. The van der Waals surface area contributed by atoms with Crippen LogP contribution in [0.25, 0.3) is 10.8 Å². The number of hydrogen-bond donors (Lipinski definition) is 0. The van der Waals surface area contributed by atoms with Crippen molar-refractivity contribution in [2.45, 2.75) is 11.6 Å². The third kappa shape index (κ3) is 4.75. The van der Waals surface area contributed by atoms with Crippen LogP contribution in [0, 0.1) is 0 Å². The maximum Gasteiger partial charge on any atom is 0.274 e. The first kappa shape index (κ1) is 23.3. The van der Waals surface area contributed by atoms with Gasteiger partial charge in [0, 0.05) is 31.6 Å². The Morgan fingerprint density at radius 1 is 1.09 bits per heavy atom. The van der Waals surface area contributed by atoms with Gasteiger partial charge in [0.15, 0.2) is 5.16 Å². The maximum absolute atomic E-state index is 12.7. The minimum atomic E-state index is -0.146. The molecule has 33 heavy (non-hydrogen) atoms. The highest BCUT2D eigenvalue weighted by Gasteiger charge is 2.18. The van der Waals surface area contributed by atoms with Gasteiger partial charge in [0.25, 0.3) is 5.56 Å². The summed E-state index contributed by atoms with van der Waals surface area (Å²) in [7, 11) is 5.13. The molecule has 170 valence electrons. The molecule has 0 aliphatic rings. The number of amides is 1. The molecule has 0 atom stereocenters. The van der Waals surface area contributed by atoms with Crippen molar-refractivity contribution in [2.75, 3.05) is 17.7 Å². The highest BCUT2D eigenvalue weighted by atomic mass is 35.5. The minimum Gasteiger partial charge on any atom is -0.313 e. The largest absolute Gasteiger partial charge is 0.313 e. The summed E-state index contributed by atoms with van der Waals surface area (Å²) in [4.78, 5) is 26.5. The Labute approximate surface area is 204 Å². The predicted molar refractivity (Wildman–Crippen MR) is 131 cm³/mol. The van der Waals surface area contributed by atoms with Crippen LogP contribution in [0.2, 0.25) is 10.0 Å². The van der Waals surface area contributed by atoms with E-state index in [-0.39, 0.29) is 17.2 Å². The summed E-state index contributed by atoms with van der Waals surface area (Å²) in [5, 5.41) is 15.8. The molecular weight excluding hydrogens is 483 g/mol. The van der Waals surface area contributed by atoms with Gasteiger partial charge in [0.1, 0.15) is 5.82 Å². The van der Waals surface area contributed by atoms with E-state index in [1.54, 1.807) is 38.4 Å². The van der Waals surface area contributed by atoms with E-state index < -0.39 is 0 Å². The standard InChI is InChI=1S/C22H20Cl2N6O2S/c1-28(18-9-8-13(23)10-16(18)24)20(31)12-33-22-26-25-19(29(22)2)11-17-14-6-4-5-7-15(14)21(32)30(3)27-17/h4-10H,11-12H2,1-3H3. The molecule has 0 bridgehead atoms. The van der Waals surface area contributed by atoms with Crippen molar-refractivity contribution in [1.29, 1.82) is 0 Å². The summed E-state index contributed by atoms with van der Waals surface area (Å²) in [6.45, 7) is 0. The van der Waals surface area contributed by atoms with Crippen molar-refractivity contribution >= 4 is 57.3 Å². The lowest BCUT2D eigenvalue weighted by Crippen LogP contribution is -2.28. The third-order valence-corrected chi connectivity index (χ3v) is 6.80. The number of benzene rings is 2. The Hall–Kier alpha value is -2.88. The molecule has 1 amide bonds. The Morgan fingerprint density at radius 3 is 2.55 bits per heavy atom. The van der Waals surface area contributed by atoms with Crippen LogP contribution >= 0.6 is 35.0 Å². The fourth-order valence-corrected chi connectivity index (χ4v) is 4.77. The van der Waals surface area contributed by atoms with Crippen molar-refractivity contribution in [3.05, 3.63) is 74.4 Å². The van der Waals surface area contributed by atoms with Crippen LogP contribution in [0.5, 0.6) is 0 Å². The van der Waals surface area contributed by atoms with Gasteiger partial charge in [-0.1, -0.05) is 53.2 Å². The number of carbonyl (C=O) groups is 1. The van der Waals surface area contributed by atoms with Gasteiger partial charge in [0.2, 0.25) is 5.91 Å². The summed E-state index contributed by atoms with van der Waals surface area (Å²) < 4.78 is 3.16. The molecule has 11 heteroatoms. The molecule has 4 rings (SSSR count). The Bertz CT molecular complexity index is 1420. The van der Waals surface area contributed by atoms with Crippen molar-refractivity contribution in [2.24, 2.45) is 14.1 Å². The third-order valence-electron chi connectivity index (χ3n) is 5.25. The Morgan fingerprint density at radius 2 is 1.82 bits per heavy atom. The Balaban J connectivity index is 1.50. The normalized spacial score (nSPS) is 11.2. The second-order valence-corrected chi connectivity index (χ2v) is 9.18. The second kappa shape index (κ2) is 9.54. The zero-order valence-electron chi connectivity index (χ0n) is 18.1. The smallest absolute Gasteiger partial charge is 0.274 e. The van der Waals surface area contributed by atoms with Crippen molar-refractivity contribution in [3.63, 3.8) is 0 Å². The van der Waals surface area contributed by atoms with Crippen molar-refractivity contribution in [1.82, 2.24) is 24.5 Å². The van der Waals surface area contributed by atoms with Gasteiger partial charge in [-0.05, 0) is 24.3 Å². The van der Waals surface area contributed by atoms with Crippen LogP contribution in [0.3, 0.4) is 0 Å². The topological polar surface area (TPSA) is 85.9 Å². The van der Waals surface area contributed by atoms with E-state index in [4.69, 9.17) is 23.2 Å². The highest BCUT2D eigenvalue weighted by Crippen LogP contribution is 2.29. The quantitative estimate of drug-likeness (QED) is 0.373. The first-order chi connectivity index (χ1) is 15.8. The second-order valence-electron chi connectivity index (χ2n) is 7.39.